The third-order valence-electron chi connectivity index (χ3n) is 3.43. The normalized spacial score (nSPS) is 12.5. The van der Waals surface area contributed by atoms with Crippen LogP contribution in [0.4, 0.5) is 0 Å². The molecule has 0 spiro atoms. The number of hydrogen-bond acceptors (Lipinski definition) is 1. The molecule has 1 atom stereocenters. The zero-order valence-electron chi connectivity index (χ0n) is 11.3. The standard InChI is InChI=1S/C16H17BrClN/c1-9-4-5-14(17)12(6-9)16(19)13-7-10(2)11(3)8-15(13)18/h4-8,16H,19H2,1-3H3. The van der Waals surface area contributed by atoms with Crippen molar-refractivity contribution in [3.63, 3.8) is 0 Å². The van der Waals surface area contributed by atoms with Crippen molar-refractivity contribution < 1.29 is 0 Å². The van der Waals surface area contributed by atoms with Crippen LogP contribution in [0.5, 0.6) is 0 Å². The molecular weight excluding hydrogens is 322 g/mol. The van der Waals surface area contributed by atoms with E-state index in [1.165, 1.54) is 16.7 Å². The van der Waals surface area contributed by atoms with Crippen LogP contribution in [0.15, 0.2) is 34.8 Å². The summed E-state index contributed by atoms with van der Waals surface area (Å²) < 4.78 is 1.01. The van der Waals surface area contributed by atoms with Crippen molar-refractivity contribution in [2.75, 3.05) is 0 Å². The maximum Gasteiger partial charge on any atom is 0.0577 e. The minimum absolute atomic E-state index is 0.221. The molecule has 3 heteroatoms. The molecule has 0 radical (unpaired) electrons. The smallest absolute Gasteiger partial charge is 0.0577 e. The van der Waals surface area contributed by atoms with Crippen LogP contribution in [0.2, 0.25) is 5.02 Å². The first-order valence-electron chi connectivity index (χ1n) is 6.18. The van der Waals surface area contributed by atoms with Gasteiger partial charge in [-0.2, -0.15) is 0 Å². The molecule has 0 aliphatic heterocycles. The van der Waals surface area contributed by atoms with Gasteiger partial charge in [0.2, 0.25) is 0 Å². The summed E-state index contributed by atoms with van der Waals surface area (Å²) in [7, 11) is 0. The summed E-state index contributed by atoms with van der Waals surface area (Å²) in [6, 6.07) is 10.0. The Morgan fingerprint density at radius 2 is 1.63 bits per heavy atom. The molecule has 0 aromatic heterocycles. The molecule has 2 aromatic carbocycles. The van der Waals surface area contributed by atoms with Gasteiger partial charge in [0.1, 0.15) is 0 Å². The Morgan fingerprint density at radius 1 is 1.00 bits per heavy atom. The van der Waals surface area contributed by atoms with Crippen LogP contribution in [0.3, 0.4) is 0 Å². The third-order valence-corrected chi connectivity index (χ3v) is 4.48. The van der Waals surface area contributed by atoms with Crippen molar-refractivity contribution >= 4 is 27.5 Å². The van der Waals surface area contributed by atoms with E-state index in [2.05, 4.69) is 54.9 Å². The third kappa shape index (κ3) is 3.02. The van der Waals surface area contributed by atoms with Gasteiger partial charge < -0.3 is 5.73 Å². The summed E-state index contributed by atoms with van der Waals surface area (Å²) in [5, 5.41) is 0.726. The Morgan fingerprint density at radius 3 is 2.32 bits per heavy atom. The van der Waals surface area contributed by atoms with Crippen LogP contribution in [0.25, 0.3) is 0 Å². The Balaban J connectivity index is 2.52. The molecule has 1 nitrogen and oxygen atoms in total. The number of benzene rings is 2. The van der Waals surface area contributed by atoms with Gasteiger partial charge in [-0.1, -0.05) is 51.3 Å². The molecule has 0 amide bonds. The molecule has 0 saturated carbocycles. The van der Waals surface area contributed by atoms with E-state index in [9.17, 15) is 0 Å². The predicted molar refractivity (Wildman–Crippen MR) is 85.8 cm³/mol. The van der Waals surface area contributed by atoms with Gasteiger partial charge in [0, 0.05) is 9.50 Å². The molecule has 2 aromatic rings. The molecular formula is C16H17BrClN. The number of halogens is 2. The zero-order chi connectivity index (χ0) is 14.2. The monoisotopic (exact) mass is 337 g/mol. The second-order valence-electron chi connectivity index (χ2n) is 4.96. The molecule has 0 aliphatic carbocycles. The van der Waals surface area contributed by atoms with Crippen molar-refractivity contribution in [1.82, 2.24) is 0 Å². The molecule has 0 saturated heterocycles. The lowest BCUT2D eigenvalue weighted by Gasteiger charge is -2.18. The van der Waals surface area contributed by atoms with E-state index in [0.29, 0.717) is 0 Å². The maximum atomic E-state index is 6.39. The lowest BCUT2D eigenvalue weighted by molar-refractivity contribution is 0.861. The van der Waals surface area contributed by atoms with E-state index in [1.807, 2.05) is 12.1 Å². The highest BCUT2D eigenvalue weighted by Crippen LogP contribution is 2.32. The summed E-state index contributed by atoms with van der Waals surface area (Å²) >= 11 is 9.91. The van der Waals surface area contributed by atoms with Gasteiger partial charge in [-0.15, -0.1) is 0 Å². The first-order valence-corrected chi connectivity index (χ1v) is 7.35. The van der Waals surface area contributed by atoms with Crippen molar-refractivity contribution in [2.45, 2.75) is 26.8 Å². The lowest BCUT2D eigenvalue weighted by Crippen LogP contribution is -2.13. The van der Waals surface area contributed by atoms with Crippen molar-refractivity contribution in [3.8, 4) is 0 Å². The minimum atomic E-state index is -0.221. The highest BCUT2D eigenvalue weighted by molar-refractivity contribution is 9.10. The lowest BCUT2D eigenvalue weighted by atomic mass is 9.95. The summed E-state index contributed by atoms with van der Waals surface area (Å²) in [6.07, 6.45) is 0. The predicted octanol–water partition coefficient (Wildman–Crippen LogP) is 5.08. The van der Waals surface area contributed by atoms with Crippen LogP contribution in [-0.4, -0.2) is 0 Å². The molecule has 2 rings (SSSR count). The highest BCUT2D eigenvalue weighted by Gasteiger charge is 2.16. The van der Waals surface area contributed by atoms with Crippen LogP contribution in [-0.2, 0) is 0 Å². The molecule has 0 fully saturated rings. The van der Waals surface area contributed by atoms with Crippen LogP contribution in [0.1, 0.15) is 33.9 Å². The van der Waals surface area contributed by atoms with E-state index < -0.39 is 0 Å². The number of nitrogens with two attached hydrogens (primary N) is 1. The van der Waals surface area contributed by atoms with E-state index in [-0.39, 0.29) is 6.04 Å². The first-order chi connectivity index (χ1) is 8.90. The summed E-state index contributed by atoms with van der Waals surface area (Å²) in [6.45, 7) is 6.19. The van der Waals surface area contributed by atoms with Gasteiger partial charge in [0.05, 0.1) is 6.04 Å². The fourth-order valence-electron chi connectivity index (χ4n) is 2.11. The fourth-order valence-corrected chi connectivity index (χ4v) is 2.94. The summed E-state index contributed by atoms with van der Waals surface area (Å²) in [5.74, 6) is 0. The minimum Gasteiger partial charge on any atom is -0.320 e. The van der Waals surface area contributed by atoms with Crippen LogP contribution in [0, 0.1) is 20.8 Å². The molecule has 0 aliphatic rings. The van der Waals surface area contributed by atoms with E-state index in [4.69, 9.17) is 17.3 Å². The average molecular weight is 339 g/mol. The van der Waals surface area contributed by atoms with Gasteiger partial charge in [0.15, 0.2) is 0 Å². The SMILES string of the molecule is Cc1ccc(Br)c(C(N)c2cc(C)c(C)cc2Cl)c1. The quantitative estimate of drug-likeness (QED) is 0.812. The van der Waals surface area contributed by atoms with Gasteiger partial charge >= 0.3 is 0 Å². The Bertz CT molecular complexity index is 622. The largest absolute Gasteiger partial charge is 0.320 e. The van der Waals surface area contributed by atoms with Gasteiger partial charge in [-0.05, 0) is 55.2 Å². The van der Waals surface area contributed by atoms with Crippen molar-refractivity contribution in [2.24, 2.45) is 5.73 Å². The maximum absolute atomic E-state index is 6.39. The molecule has 0 bridgehead atoms. The van der Waals surface area contributed by atoms with Gasteiger partial charge in [0.25, 0.3) is 0 Å². The fraction of sp³-hybridized carbons (Fsp3) is 0.250. The van der Waals surface area contributed by atoms with Crippen molar-refractivity contribution in [1.29, 1.82) is 0 Å². The highest BCUT2D eigenvalue weighted by atomic mass is 79.9. The topological polar surface area (TPSA) is 26.0 Å². The van der Waals surface area contributed by atoms with Crippen LogP contribution >= 0.6 is 27.5 Å². The van der Waals surface area contributed by atoms with Crippen molar-refractivity contribution in [3.05, 3.63) is 67.6 Å². The van der Waals surface area contributed by atoms with E-state index in [1.54, 1.807) is 0 Å². The molecule has 19 heavy (non-hydrogen) atoms. The first kappa shape index (κ1) is 14.6. The number of rotatable bonds is 2. The number of hydrogen-bond donors (Lipinski definition) is 1. The van der Waals surface area contributed by atoms with E-state index >= 15 is 0 Å². The molecule has 0 heterocycles. The summed E-state index contributed by atoms with van der Waals surface area (Å²) in [5.41, 5.74) is 12.0. The second-order valence-corrected chi connectivity index (χ2v) is 6.22. The van der Waals surface area contributed by atoms with Gasteiger partial charge in [-0.3, -0.25) is 0 Å². The Hall–Kier alpha value is -0.830. The molecule has 1 unspecified atom stereocenters. The summed E-state index contributed by atoms with van der Waals surface area (Å²) in [4.78, 5) is 0. The Kier molecular flexibility index (Phi) is 4.34. The van der Waals surface area contributed by atoms with E-state index in [0.717, 1.165) is 20.6 Å². The average Bonchev–Trinajstić information content (AvgIpc) is 2.36. The zero-order valence-corrected chi connectivity index (χ0v) is 13.6. The molecule has 2 N–H and O–H groups in total. The Labute approximate surface area is 127 Å². The second kappa shape index (κ2) is 5.66. The number of aryl methyl sites for hydroxylation is 3. The van der Waals surface area contributed by atoms with Crippen LogP contribution < -0.4 is 5.73 Å². The molecule has 100 valence electrons. The van der Waals surface area contributed by atoms with Gasteiger partial charge in [-0.25, -0.2) is 0 Å².